The van der Waals surface area contributed by atoms with Crippen molar-refractivity contribution < 1.29 is 4.74 Å². The molecule has 1 N–H and O–H groups in total. The third-order valence-corrected chi connectivity index (χ3v) is 4.61. The zero-order valence-corrected chi connectivity index (χ0v) is 14.8. The lowest BCUT2D eigenvalue weighted by molar-refractivity contribution is 0.414. The highest BCUT2D eigenvalue weighted by Crippen LogP contribution is 2.25. The lowest BCUT2D eigenvalue weighted by atomic mass is 10.2. The van der Waals surface area contributed by atoms with Gasteiger partial charge < -0.3 is 4.74 Å². The van der Waals surface area contributed by atoms with Gasteiger partial charge in [0.1, 0.15) is 5.75 Å². The monoisotopic (exact) mass is 387 g/mol. The van der Waals surface area contributed by atoms with E-state index >= 15 is 0 Å². The molecule has 3 rings (SSSR count). The summed E-state index contributed by atoms with van der Waals surface area (Å²) in [6, 6.07) is 15.8. The minimum absolute atomic E-state index is 0.749. The third kappa shape index (κ3) is 3.97. The molecule has 0 spiro atoms. The van der Waals surface area contributed by atoms with Crippen LogP contribution in [0.3, 0.4) is 0 Å². The minimum Gasteiger partial charge on any atom is -0.497 e. The van der Waals surface area contributed by atoms with Crippen molar-refractivity contribution in [3.63, 3.8) is 0 Å². The average molecular weight is 388 g/mol. The molecule has 2 aromatic carbocycles. The van der Waals surface area contributed by atoms with Gasteiger partial charge in [0.05, 0.1) is 19.0 Å². The number of nitrogens with one attached hydrogen (secondary N) is 1. The van der Waals surface area contributed by atoms with Crippen LogP contribution in [0.15, 0.2) is 63.5 Å². The largest absolute Gasteiger partial charge is 0.497 e. The first kappa shape index (κ1) is 15.7. The summed E-state index contributed by atoms with van der Waals surface area (Å²) in [6.45, 7) is 0. The Morgan fingerprint density at radius 1 is 1.22 bits per heavy atom. The smallest absolute Gasteiger partial charge is 0.203 e. The van der Waals surface area contributed by atoms with Crippen LogP contribution < -0.4 is 10.2 Å². The highest BCUT2D eigenvalue weighted by molar-refractivity contribution is 9.10. The van der Waals surface area contributed by atoms with E-state index in [-0.39, 0.29) is 0 Å². The van der Waals surface area contributed by atoms with Crippen molar-refractivity contribution in [1.29, 1.82) is 0 Å². The predicted molar refractivity (Wildman–Crippen MR) is 99.5 cm³/mol. The van der Waals surface area contributed by atoms with Crippen molar-refractivity contribution in [3.8, 4) is 17.0 Å². The molecule has 116 valence electrons. The number of benzene rings is 2. The number of ether oxygens (including phenoxy) is 1. The van der Waals surface area contributed by atoms with Gasteiger partial charge in [-0.25, -0.2) is 4.98 Å². The number of aromatic nitrogens is 1. The van der Waals surface area contributed by atoms with Crippen molar-refractivity contribution in [2.24, 2.45) is 5.10 Å². The predicted octanol–water partition coefficient (Wildman–Crippen LogP) is 5.03. The first-order valence-electron chi connectivity index (χ1n) is 6.90. The summed E-state index contributed by atoms with van der Waals surface area (Å²) in [5.74, 6) is 0.787. The molecule has 0 saturated carbocycles. The van der Waals surface area contributed by atoms with Crippen LogP contribution in [-0.2, 0) is 0 Å². The van der Waals surface area contributed by atoms with Crippen LogP contribution in [0, 0.1) is 0 Å². The van der Waals surface area contributed by atoms with E-state index in [0.29, 0.717) is 0 Å². The Morgan fingerprint density at radius 2 is 2.04 bits per heavy atom. The zero-order chi connectivity index (χ0) is 16.1. The van der Waals surface area contributed by atoms with Gasteiger partial charge in [0.2, 0.25) is 5.13 Å². The van der Waals surface area contributed by atoms with Crippen LogP contribution in [0.5, 0.6) is 5.75 Å². The topological polar surface area (TPSA) is 46.5 Å². The maximum absolute atomic E-state index is 5.21. The molecule has 0 unspecified atom stereocenters. The Bertz CT molecular complexity index is 818. The Balaban J connectivity index is 1.70. The highest BCUT2D eigenvalue weighted by Gasteiger charge is 2.03. The Kier molecular flexibility index (Phi) is 5.05. The Hall–Kier alpha value is -2.18. The molecule has 1 aromatic heterocycles. The maximum atomic E-state index is 5.21. The summed E-state index contributed by atoms with van der Waals surface area (Å²) in [6.07, 6.45) is 1.73. The summed E-state index contributed by atoms with van der Waals surface area (Å²) in [4.78, 5) is 4.53. The van der Waals surface area contributed by atoms with Gasteiger partial charge in [0, 0.05) is 21.0 Å². The van der Waals surface area contributed by atoms with E-state index in [9.17, 15) is 0 Å². The fraction of sp³-hybridized carbons (Fsp3) is 0.0588. The lowest BCUT2D eigenvalue weighted by Crippen LogP contribution is -1.92. The van der Waals surface area contributed by atoms with Crippen LogP contribution in [0.25, 0.3) is 11.3 Å². The quantitative estimate of drug-likeness (QED) is 0.493. The normalized spacial score (nSPS) is 10.9. The molecule has 1 heterocycles. The van der Waals surface area contributed by atoms with Crippen LogP contribution in [0.4, 0.5) is 5.13 Å². The summed E-state index contributed by atoms with van der Waals surface area (Å²) in [7, 11) is 1.64. The fourth-order valence-electron chi connectivity index (χ4n) is 1.97. The van der Waals surface area contributed by atoms with Crippen molar-refractivity contribution >= 4 is 38.6 Å². The molecule has 23 heavy (non-hydrogen) atoms. The molecule has 6 heteroatoms. The zero-order valence-electron chi connectivity index (χ0n) is 12.4. The molecule has 0 amide bonds. The Morgan fingerprint density at radius 3 is 2.83 bits per heavy atom. The number of rotatable bonds is 5. The summed E-state index contributed by atoms with van der Waals surface area (Å²) < 4.78 is 6.17. The van der Waals surface area contributed by atoms with E-state index in [1.807, 2.05) is 53.9 Å². The number of hydrogen-bond donors (Lipinski definition) is 1. The van der Waals surface area contributed by atoms with E-state index in [0.717, 1.165) is 32.2 Å². The van der Waals surface area contributed by atoms with E-state index in [1.165, 1.54) is 11.3 Å². The van der Waals surface area contributed by atoms with Gasteiger partial charge >= 0.3 is 0 Å². The highest BCUT2D eigenvalue weighted by atomic mass is 79.9. The molecule has 4 nitrogen and oxygen atoms in total. The molecule has 0 saturated heterocycles. The van der Waals surface area contributed by atoms with Gasteiger partial charge in [0.25, 0.3) is 0 Å². The first-order chi connectivity index (χ1) is 11.3. The molecule has 0 radical (unpaired) electrons. The van der Waals surface area contributed by atoms with Crippen molar-refractivity contribution in [2.75, 3.05) is 12.5 Å². The summed E-state index contributed by atoms with van der Waals surface area (Å²) in [5, 5.41) is 7.00. The molecule has 0 fully saturated rings. The minimum atomic E-state index is 0.749. The lowest BCUT2D eigenvalue weighted by Gasteiger charge is -2.02. The molecule has 0 aliphatic heterocycles. The van der Waals surface area contributed by atoms with E-state index in [1.54, 1.807) is 13.3 Å². The van der Waals surface area contributed by atoms with Gasteiger partial charge in [-0.3, -0.25) is 5.43 Å². The number of halogens is 1. The summed E-state index contributed by atoms with van der Waals surface area (Å²) >= 11 is 5.01. The number of nitrogens with zero attached hydrogens (tertiary/aromatic N) is 2. The summed E-state index contributed by atoms with van der Waals surface area (Å²) in [5.41, 5.74) is 5.93. The number of anilines is 1. The van der Waals surface area contributed by atoms with Crippen LogP contribution in [-0.4, -0.2) is 18.3 Å². The molecule has 0 bridgehead atoms. The van der Waals surface area contributed by atoms with Gasteiger partial charge in [-0.05, 0) is 18.2 Å². The van der Waals surface area contributed by atoms with Crippen molar-refractivity contribution in [3.05, 3.63) is 63.9 Å². The number of hydrogen-bond acceptors (Lipinski definition) is 5. The number of methoxy groups -OCH3 is 1. The van der Waals surface area contributed by atoms with E-state index < -0.39 is 0 Å². The number of hydrazone groups is 1. The standard InChI is InChI=1S/C17H14BrN3OS/c1-22-14-7-8-15(18)13(9-14)10-19-21-17-20-16(11-23-17)12-5-3-2-4-6-12/h2-11H,1H3,(H,20,21). The number of thiazole rings is 1. The second kappa shape index (κ2) is 7.39. The van der Waals surface area contributed by atoms with E-state index in [2.05, 4.69) is 31.4 Å². The molecule has 0 atom stereocenters. The van der Waals surface area contributed by atoms with Crippen molar-refractivity contribution in [1.82, 2.24) is 4.98 Å². The molecule has 0 aliphatic rings. The van der Waals surface area contributed by atoms with Gasteiger partial charge in [0.15, 0.2) is 0 Å². The SMILES string of the molecule is COc1ccc(Br)c(C=NNc2nc(-c3ccccc3)cs2)c1. The fourth-order valence-corrected chi connectivity index (χ4v) is 2.99. The van der Waals surface area contributed by atoms with Crippen LogP contribution in [0.1, 0.15) is 5.56 Å². The third-order valence-electron chi connectivity index (χ3n) is 3.14. The molecule has 3 aromatic rings. The maximum Gasteiger partial charge on any atom is 0.203 e. The van der Waals surface area contributed by atoms with Crippen molar-refractivity contribution in [2.45, 2.75) is 0 Å². The molecular formula is C17H14BrN3OS. The van der Waals surface area contributed by atoms with Gasteiger partial charge in [-0.2, -0.15) is 5.10 Å². The average Bonchev–Trinajstić information content (AvgIpc) is 3.06. The molecule has 0 aliphatic carbocycles. The second-order valence-corrected chi connectivity index (χ2v) is 6.37. The van der Waals surface area contributed by atoms with Gasteiger partial charge in [-0.15, -0.1) is 11.3 Å². The van der Waals surface area contributed by atoms with Crippen LogP contribution in [0.2, 0.25) is 0 Å². The van der Waals surface area contributed by atoms with Crippen LogP contribution >= 0.6 is 27.3 Å². The second-order valence-electron chi connectivity index (χ2n) is 4.66. The first-order valence-corrected chi connectivity index (χ1v) is 8.57. The van der Waals surface area contributed by atoms with Gasteiger partial charge in [-0.1, -0.05) is 46.3 Å². The Labute approximate surface area is 147 Å². The van der Waals surface area contributed by atoms with E-state index in [4.69, 9.17) is 4.74 Å². The molecular weight excluding hydrogens is 374 g/mol.